The fourth-order valence-electron chi connectivity index (χ4n) is 2.37. The van der Waals surface area contributed by atoms with Gasteiger partial charge in [-0.05, 0) is 18.4 Å². The minimum Gasteiger partial charge on any atom is -0.550 e. The molecule has 1 fully saturated rings. The molecule has 2 N–H and O–H groups in total. The van der Waals surface area contributed by atoms with Crippen molar-refractivity contribution in [3.05, 3.63) is 35.9 Å². The molecule has 1 amide bonds. The minimum absolute atomic E-state index is 0.0519. The van der Waals surface area contributed by atoms with Crippen LogP contribution >= 0.6 is 0 Å². The zero-order valence-electron chi connectivity index (χ0n) is 13.9. The van der Waals surface area contributed by atoms with Gasteiger partial charge >= 0.3 is 0 Å². The predicted molar refractivity (Wildman–Crippen MR) is 85.0 cm³/mol. The molecule has 0 saturated carbocycles. The number of carboxylic acid groups (broad SMARTS) is 1. The average molecular weight is 321 g/mol. The molecule has 1 aliphatic heterocycles. The SMILES string of the molecule is CC(C)CN1CC(=O)NC1c1ccccc1.CC(O)CC(=O)[O-]. The van der Waals surface area contributed by atoms with Crippen molar-refractivity contribution in [1.29, 1.82) is 0 Å². The molecule has 6 nitrogen and oxygen atoms in total. The zero-order valence-corrected chi connectivity index (χ0v) is 13.9. The van der Waals surface area contributed by atoms with Gasteiger partial charge in [0.15, 0.2) is 0 Å². The van der Waals surface area contributed by atoms with Crippen LogP contribution in [-0.2, 0) is 9.59 Å². The van der Waals surface area contributed by atoms with E-state index >= 15 is 0 Å². The second-order valence-corrected chi connectivity index (χ2v) is 6.13. The second-order valence-electron chi connectivity index (χ2n) is 6.13. The van der Waals surface area contributed by atoms with Gasteiger partial charge in [0.25, 0.3) is 0 Å². The molecule has 0 aromatic heterocycles. The molecule has 0 radical (unpaired) electrons. The fourth-order valence-corrected chi connectivity index (χ4v) is 2.37. The molecule has 128 valence electrons. The van der Waals surface area contributed by atoms with Crippen LogP contribution in [0.3, 0.4) is 0 Å². The highest BCUT2D eigenvalue weighted by Gasteiger charge is 2.30. The summed E-state index contributed by atoms with van der Waals surface area (Å²) in [6, 6.07) is 10.1. The quantitative estimate of drug-likeness (QED) is 0.812. The van der Waals surface area contributed by atoms with E-state index < -0.39 is 12.1 Å². The summed E-state index contributed by atoms with van der Waals surface area (Å²) in [6.07, 6.45) is -1.01. The molecule has 2 atom stereocenters. The first-order valence-corrected chi connectivity index (χ1v) is 7.75. The van der Waals surface area contributed by atoms with Crippen molar-refractivity contribution >= 4 is 11.9 Å². The summed E-state index contributed by atoms with van der Waals surface area (Å²) in [5.41, 5.74) is 1.16. The van der Waals surface area contributed by atoms with E-state index in [1.165, 1.54) is 6.92 Å². The van der Waals surface area contributed by atoms with E-state index in [0.717, 1.165) is 12.1 Å². The number of aliphatic hydroxyl groups is 1. The monoisotopic (exact) mass is 321 g/mol. The Morgan fingerprint density at radius 2 is 1.96 bits per heavy atom. The van der Waals surface area contributed by atoms with Gasteiger partial charge in [0, 0.05) is 18.9 Å². The van der Waals surface area contributed by atoms with Crippen molar-refractivity contribution in [3.63, 3.8) is 0 Å². The lowest BCUT2D eigenvalue weighted by Gasteiger charge is -2.24. The van der Waals surface area contributed by atoms with Crippen LogP contribution < -0.4 is 10.4 Å². The van der Waals surface area contributed by atoms with Gasteiger partial charge < -0.3 is 20.3 Å². The Bertz CT molecular complexity index is 503. The van der Waals surface area contributed by atoms with Gasteiger partial charge in [0.05, 0.1) is 12.6 Å². The molecular formula is C17H25N2O4-. The number of aliphatic carboxylic acids is 1. The summed E-state index contributed by atoms with van der Waals surface area (Å²) in [5, 5.41) is 20.9. The molecule has 0 bridgehead atoms. The van der Waals surface area contributed by atoms with Gasteiger partial charge in [-0.15, -0.1) is 0 Å². The third-order valence-electron chi connectivity index (χ3n) is 3.19. The summed E-state index contributed by atoms with van der Waals surface area (Å²) in [6.45, 7) is 7.20. The maximum absolute atomic E-state index is 11.5. The Balaban J connectivity index is 0.000000322. The van der Waals surface area contributed by atoms with Crippen LogP contribution in [0, 0.1) is 5.92 Å². The molecule has 1 heterocycles. The average Bonchev–Trinajstić information content (AvgIpc) is 2.79. The molecule has 0 spiro atoms. The molecule has 0 aliphatic carbocycles. The number of carboxylic acids is 1. The number of amides is 1. The lowest BCUT2D eigenvalue weighted by atomic mass is 10.1. The maximum atomic E-state index is 11.5. The van der Waals surface area contributed by atoms with Crippen molar-refractivity contribution in [3.8, 4) is 0 Å². The normalized spacial score (nSPS) is 19.0. The van der Waals surface area contributed by atoms with Crippen LogP contribution in [0.2, 0.25) is 0 Å². The minimum atomic E-state index is -1.21. The Labute approximate surface area is 137 Å². The number of benzene rings is 1. The summed E-state index contributed by atoms with van der Waals surface area (Å²) in [4.78, 5) is 23.2. The molecular weight excluding hydrogens is 296 g/mol. The van der Waals surface area contributed by atoms with Gasteiger partial charge in [-0.1, -0.05) is 44.2 Å². The van der Waals surface area contributed by atoms with Gasteiger partial charge in [-0.3, -0.25) is 9.69 Å². The first-order chi connectivity index (χ1) is 10.8. The lowest BCUT2D eigenvalue weighted by Crippen LogP contribution is -2.30. The number of aliphatic hydroxyl groups excluding tert-OH is 1. The molecule has 1 aromatic rings. The first-order valence-electron chi connectivity index (χ1n) is 7.75. The van der Waals surface area contributed by atoms with Gasteiger partial charge in [-0.25, -0.2) is 0 Å². The topological polar surface area (TPSA) is 92.7 Å². The molecule has 1 aromatic carbocycles. The molecule has 1 aliphatic rings. The van der Waals surface area contributed by atoms with Gasteiger partial charge in [0.2, 0.25) is 5.91 Å². The van der Waals surface area contributed by atoms with E-state index in [9.17, 15) is 14.7 Å². The number of hydrogen-bond donors (Lipinski definition) is 2. The van der Waals surface area contributed by atoms with Gasteiger partial charge in [-0.2, -0.15) is 0 Å². The summed E-state index contributed by atoms with van der Waals surface area (Å²) < 4.78 is 0. The van der Waals surface area contributed by atoms with Crippen molar-refractivity contribution in [2.45, 2.75) is 39.5 Å². The van der Waals surface area contributed by atoms with Crippen LogP contribution in [0.15, 0.2) is 30.3 Å². The van der Waals surface area contributed by atoms with Crippen molar-refractivity contribution < 1.29 is 19.8 Å². The fraction of sp³-hybridized carbons (Fsp3) is 0.529. The van der Waals surface area contributed by atoms with E-state index in [-0.39, 0.29) is 18.5 Å². The van der Waals surface area contributed by atoms with Crippen molar-refractivity contribution in [2.75, 3.05) is 13.1 Å². The molecule has 2 rings (SSSR count). The molecule has 6 heteroatoms. The third-order valence-corrected chi connectivity index (χ3v) is 3.19. The van der Waals surface area contributed by atoms with Crippen LogP contribution in [0.1, 0.15) is 38.9 Å². The van der Waals surface area contributed by atoms with E-state index in [1.54, 1.807) is 0 Å². The number of carbonyl (C=O) groups excluding carboxylic acids is 2. The Morgan fingerprint density at radius 3 is 2.39 bits per heavy atom. The van der Waals surface area contributed by atoms with Crippen LogP contribution in [0.25, 0.3) is 0 Å². The highest BCUT2D eigenvalue weighted by atomic mass is 16.4. The van der Waals surface area contributed by atoms with Crippen molar-refractivity contribution in [1.82, 2.24) is 10.2 Å². The summed E-state index contributed by atoms with van der Waals surface area (Å²) >= 11 is 0. The summed E-state index contributed by atoms with van der Waals surface area (Å²) in [7, 11) is 0. The Kier molecular flexibility index (Phi) is 7.71. The number of nitrogens with zero attached hydrogens (tertiary/aromatic N) is 1. The number of rotatable bonds is 5. The van der Waals surface area contributed by atoms with Crippen molar-refractivity contribution in [2.24, 2.45) is 5.92 Å². The van der Waals surface area contributed by atoms with Crippen LogP contribution in [-0.4, -0.2) is 41.1 Å². The summed E-state index contributed by atoms with van der Waals surface area (Å²) in [5.74, 6) is -0.525. The largest absolute Gasteiger partial charge is 0.550 e. The predicted octanol–water partition coefficient (Wildman–Crippen LogP) is 0.280. The van der Waals surface area contributed by atoms with Crippen LogP contribution in [0.4, 0.5) is 0 Å². The smallest absolute Gasteiger partial charge is 0.235 e. The first kappa shape index (κ1) is 19.1. The molecule has 23 heavy (non-hydrogen) atoms. The Morgan fingerprint density at radius 1 is 1.35 bits per heavy atom. The Hall–Kier alpha value is -1.92. The van der Waals surface area contributed by atoms with E-state index in [2.05, 4.69) is 36.2 Å². The highest BCUT2D eigenvalue weighted by molar-refractivity contribution is 5.80. The molecule has 1 saturated heterocycles. The van der Waals surface area contributed by atoms with E-state index in [0.29, 0.717) is 12.5 Å². The van der Waals surface area contributed by atoms with Crippen LogP contribution in [0.5, 0.6) is 0 Å². The lowest BCUT2D eigenvalue weighted by molar-refractivity contribution is -0.307. The number of nitrogens with one attached hydrogen (secondary N) is 1. The standard InChI is InChI=1S/C13H18N2O.C4H8O3/c1-10(2)8-15-9-12(16)14-13(15)11-6-4-3-5-7-11;1-3(5)2-4(6)7/h3-7,10,13H,8-9H2,1-2H3,(H,14,16);3,5H,2H2,1H3,(H,6,7)/p-1. The zero-order chi connectivity index (χ0) is 17.4. The maximum Gasteiger partial charge on any atom is 0.235 e. The second kappa shape index (κ2) is 9.27. The van der Waals surface area contributed by atoms with E-state index in [1.807, 2.05) is 18.2 Å². The number of carbonyl (C=O) groups is 2. The van der Waals surface area contributed by atoms with Gasteiger partial charge in [0.1, 0.15) is 6.17 Å². The third kappa shape index (κ3) is 7.25. The van der Waals surface area contributed by atoms with E-state index in [4.69, 9.17) is 5.11 Å². The molecule has 2 unspecified atom stereocenters. The number of hydrogen-bond acceptors (Lipinski definition) is 5. The highest BCUT2D eigenvalue weighted by Crippen LogP contribution is 2.22.